The van der Waals surface area contributed by atoms with Crippen LogP contribution in [-0.4, -0.2) is 57.6 Å². The van der Waals surface area contributed by atoms with E-state index in [2.05, 4.69) is 0 Å². The quantitative estimate of drug-likeness (QED) is 0.817. The summed E-state index contributed by atoms with van der Waals surface area (Å²) < 4.78 is 7.78. The Morgan fingerprint density at radius 1 is 1.04 bits per heavy atom. The van der Waals surface area contributed by atoms with E-state index in [1.165, 1.54) is 0 Å². The molecule has 0 radical (unpaired) electrons. The topological polar surface area (TPSA) is 71.6 Å². The van der Waals surface area contributed by atoms with E-state index in [1.54, 1.807) is 4.68 Å². The van der Waals surface area contributed by atoms with E-state index in [1.807, 2.05) is 22.9 Å². The molecule has 2 aliphatic heterocycles. The lowest BCUT2D eigenvalue weighted by atomic mass is 9.93. The zero-order valence-electron chi connectivity index (χ0n) is 16.4. The highest BCUT2D eigenvalue weighted by atomic mass is 16.4. The standard InChI is InChI=1S/C21H26N4O3/c1-14-18-16(28-20(14)21(27)24-10-4-5-11-24)7-6-15-12-25(22-19(15)18)13-17(26)23-8-2-3-9-23/h12H,2-11,13H2,1H3. The van der Waals surface area contributed by atoms with Crippen molar-refractivity contribution in [1.29, 1.82) is 0 Å². The van der Waals surface area contributed by atoms with Crippen molar-refractivity contribution < 1.29 is 14.0 Å². The van der Waals surface area contributed by atoms with Crippen LogP contribution in [-0.2, 0) is 24.2 Å². The summed E-state index contributed by atoms with van der Waals surface area (Å²) in [6, 6.07) is 0. The van der Waals surface area contributed by atoms with Gasteiger partial charge in [-0.1, -0.05) is 0 Å². The molecule has 0 N–H and O–H groups in total. The Balaban J connectivity index is 1.43. The first kappa shape index (κ1) is 17.5. The van der Waals surface area contributed by atoms with Crippen molar-refractivity contribution in [3.63, 3.8) is 0 Å². The number of rotatable bonds is 3. The van der Waals surface area contributed by atoms with Gasteiger partial charge in [-0.05, 0) is 44.6 Å². The minimum Gasteiger partial charge on any atom is -0.455 e. The van der Waals surface area contributed by atoms with E-state index < -0.39 is 0 Å². The van der Waals surface area contributed by atoms with Crippen LogP contribution in [0.4, 0.5) is 0 Å². The summed E-state index contributed by atoms with van der Waals surface area (Å²) in [5.74, 6) is 1.44. The number of nitrogens with zero attached hydrogens (tertiary/aromatic N) is 4. The van der Waals surface area contributed by atoms with Crippen LogP contribution in [0.2, 0.25) is 0 Å². The van der Waals surface area contributed by atoms with Crippen molar-refractivity contribution >= 4 is 11.8 Å². The number of carbonyl (C=O) groups excluding carboxylic acids is 2. The maximum Gasteiger partial charge on any atom is 0.289 e. The summed E-state index contributed by atoms with van der Waals surface area (Å²) in [4.78, 5) is 29.1. The highest BCUT2D eigenvalue weighted by Gasteiger charge is 2.32. The van der Waals surface area contributed by atoms with Gasteiger partial charge in [-0.2, -0.15) is 5.10 Å². The van der Waals surface area contributed by atoms with Gasteiger partial charge < -0.3 is 14.2 Å². The number of carbonyl (C=O) groups is 2. The summed E-state index contributed by atoms with van der Waals surface area (Å²) in [6.07, 6.45) is 7.88. The summed E-state index contributed by atoms with van der Waals surface area (Å²) >= 11 is 0. The number of likely N-dealkylation sites (tertiary alicyclic amines) is 2. The summed E-state index contributed by atoms with van der Waals surface area (Å²) in [7, 11) is 0. The van der Waals surface area contributed by atoms with Crippen LogP contribution in [0.25, 0.3) is 11.3 Å². The maximum absolute atomic E-state index is 12.9. The third kappa shape index (κ3) is 2.84. The lowest BCUT2D eigenvalue weighted by Crippen LogP contribution is -2.31. The van der Waals surface area contributed by atoms with Crippen LogP contribution >= 0.6 is 0 Å². The van der Waals surface area contributed by atoms with Gasteiger partial charge in [0.2, 0.25) is 5.91 Å². The van der Waals surface area contributed by atoms with E-state index in [-0.39, 0.29) is 18.4 Å². The molecule has 0 unspecified atom stereocenters. The molecule has 0 aromatic carbocycles. The van der Waals surface area contributed by atoms with Gasteiger partial charge in [-0.15, -0.1) is 0 Å². The molecule has 28 heavy (non-hydrogen) atoms. The molecule has 2 amide bonds. The van der Waals surface area contributed by atoms with Crippen LogP contribution in [0.15, 0.2) is 10.6 Å². The van der Waals surface area contributed by atoms with Crippen LogP contribution < -0.4 is 0 Å². The maximum atomic E-state index is 12.9. The second-order valence-corrected chi connectivity index (χ2v) is 8.14. The second-order valence-electron chi connectivity index (χ2n) is 8.14. The zero-order chi connectivity index (χ0) is 19.3. The van der Waals surface area contributed by atoms with Crippen molar-refractivity contribution in [2.45, 2.75) is 52.0 Å². The van der Waals surface area contributed by atoms with Crippen molar-refractivity contribution in [3.05, 3.63) is 28.8 Å². The molecule has 148 valence electrons. The van der Waals surface area contributed by atoms with E-state index in [0.717, 1.165) is 92.8 Å². The van der Waals surface area contributed by atoms with Gasteiger partial charge in [0.25, 0.3) is 5.91 Å². The molecule has 1 aliphatic carbocycles. The third-order valence-electron chi connectivity index (χ3n) is 6.26. The average molecular weight is 382 g/mol. The van der Waals surface area contributed by atoms with Gasteiger partial charge in [0.1, 0.15) is 12.3 Å². The predicted octanol–water partition coefficient (Wildman–Crippen LogP) is 2.41. The van der Waals surface area contributed by atoms with E-state index >= 15 is 0 Å². The summed E-state index contributed by atoms with van der Waals surface area (Å²) in [5.41, 5.74) is 3.84. The highest BCUT2D eigenvalue weighted by Crippen LogP contribution is 2.38. The molecule has 0 spiro atoms. The van der Waals surface area contributed by atoms with Gasteiger partial charge >= 0.3 is 0 Å². The number of fused-ring (bicyclic) bond motifs is 3. The number of amides is 2. The van der Waals surface area contributed by atoms with E-state index in [4.69, 9.17) is 9.52 Å². The smallest absolute Gasteiger partial charge is 0.289 e. The molecular weight excluding hydrogens is 356 g/mol. The molecule has 0 saturated carbocycles. The molecule has 2 aromatic heterocycles. The fourth-order valence-electron chi connectivity index (χ4n) is 4.72. The molecule has 4 heterocycles. The predicted molar refractivity (Wildman–Crippen MR) is 103 cm³/mol. The van der Waals surface area contributed by atoms with Crippen LogP contribution in [0.1, 0.15) is 53.1 Å². The van der Waals surface area contributed by atoms with Crippen LogP contribution in [0.3, 0.4) is 0 Å². The zero-order valence-corrected chi connectivity index (χ0v) is 16.4. The number of hydrogen-bond donors (Lipinski definition) is 0. The molecule has 7 heteroatoms. The fourth-order valence-corrected chi connectivity index (χ4v) is 4.72. The molecule has 3 aliphatic rings. The Labute approximate surface area is 164 Å². The number of aryl methyl sites for hydroxylation is 2. The minimum absolute atomic E-state index is 0.00501. The normalized spacial score (nSPS) is 18.5. The Bertz CT molecular complexity index is 930. The first-order valence-electron chi connectivity index (χ1n) is 10.4. The van der Waals surface area contributed by atoms with Gasteiger partial charge in [0.05, 0.1) is 5.69 Å². The number of aromatic nitrogens is 2. The molecule has 5 rings (SSSR count). The average Bonchev–Trinajstić information content (AvgIpc) is 3.46. The van der Waals surface area contributed by atoms with E-state index in [9.17, 15) is 9.59 Å². The largest absolute Gasteiger partial charge is 0.455 e. The first-order chi connectivity index (χ1) is 13.6. The second kappa shape index (κ2) is 6.79. The summed E-state index contributed by atoms with van der Waals surface area (Å²) in [6.45, 7) is 5.55. The van der Waals surface area contributed by atoms with Gasteiger partial charge in [0, 0.05) is 49.9 Å². The van der Waals surface area contributed by atoms with Gasteiger partial charge in [-0.25, -0.2) is 0 Å². The van der Waals surface area contributed by atoms with E-state index in [0.29, 0.717) is 5.76 Å². The van der Waals surface area contributed by atoms with Crippen molar-refractivity contribution in [2.75, 3.05) is 26.2 Å². The molecular formula is C21H26N4O3. The SMILES string of the molecule is Cc1c(C(=O)N2CCCC2)oc2c1-c1nn(CC(=O)N3CCCC3)cc1CC2. The lowest BCUT2D eigenvalue weighted by Gasteiger charge is -2.14. The number of hydrogen-bond acceptors (Lipinski definition) is 4. The lowest BCUT2D eigenvalue weighted by molar-refractivity contribution is -0.130. The fraction of sp³-hybridized carbons (Fsp3) is 0.571. The van der Waals surface area contributed by atoms with Crippen molar-refractivity contribution in [2.24, 2.45) is 0 Å². The Kier molecular flexibility index (Phi) is 4.25. The highest BCUT2D eigenvalue weighted by molar-refractivity contribution is 5.95. The Morgan fingerprint density at radius 3 is 2.43 bits per heavy atom. The Morgan fingerprint density at radius 2 is 1.71 bits per heavy atom. The third-order valence-corrected chi connectivity index (χ3v) is 6.26. The molecule has 2 aromatic rings. The molecule has 2 fully saturated rings. The Hall–Kier alpha value is -2.57. The molecule has 2 saturated heterocycles. The molecule has 0 atom stereocenters. The first-order valence-corrected chi connectivity index (χ1v) is 10.4. The molecule has 0 bridgehead atoms. The van der Waals surface area contributed by atoms with Gasteiger partial charge in [0.15, 0.2) is 5.76 Å². The monoisotopic (exact) mass is 382 g/mol. The minimum atomic E-state index is -0.00501. The van der Waals surface area contributed by atoms with Crippen LogP contribution in [0.5, 0.6) is 0 Å². The molecule has 7 nitrogen and oxygen atoms in total. The summed E-state index contributed by atoms with van der Waals surface area (Å²) in [5, 5.41) is 4.72. The number of furan rings is 1. The van der Waals surface area contributed by atoms with Crippen molar-refractivity contribution in [1.82, 2.24) is 19.6 Å². The van der Waals surface area contributed by atoms with Crippen molar-refractivity contribution in [3.8, 4) is 11.3 Å². The van der Waals surface area contributed by atoms with Crippen LogP contribution in [0, 0.1) is 6.92 Å². The van der Waals surface area contributed by atoms with Gasteiger partial charge in [-0.3, -0.25) is 14.3 Å².